The number of aromatic amines is 1. The number of carbonyl (C=O) groups is 3. The van der Waals surface area contributed by atoms with Gasteiger partial charge in [-0.25, -0.2) is 0 Å². The monoisotopic (exact) mass is 572 g/mol. The van der Waals surface area contributed by atoms with Gasteiger partial charge in [-0.2, -0.15) is 18.3 Å². The van der Waals surface area contributed by atoms with Gasteiger partial charge in [-0.15, -0.1) is 0 Å². The summed E-state index contributed by atoms with van der Waals surface area (Å²) >= 11 is 0. The molecule has 0 bridgehead atoms. The van der Waals surface area contributed by atoms with E-state index in [0.29, 0.717) is 64.5 Å². The summed E-state index contributed by atoms with van der Waals surface area (Å²) in [4.78, 5) is 47.6. The molecular formula is C28H31F3N6O4. The van der Waals surface area contributed by atoms with Gasteiger partial charge in [-0.3, -0.25) is 19.5 Å². The van der Waals surface area contributed by atoms with Crippen LogP contribution in [-0.2, 0) is 14.3 Å². The highest BCUT2D eigenvalue weighted by Gasteiger charge is 2.54. The summed E-state index contributed by atoms with van der Waals surface area (Å²) in [6.45, 7) is -0.188. The van der Waals surface area contributed by atoms with Gasteiger partial charge in [0.05, 0.1) is 31.6 Å². The Bertz CT molecular complexity index is 1370. The molecule has 1 spiro atoms. The van der Waals surface area contributed by atoms with E-state index in [0.717, 1.165) is 16.6 Å². The molecule has 218 valence electrons. The summed E-state index contributed by atoms with van der Waals surface area (Å²) in [5.74, 6) is -0.136. The van der Waals surface area contributed by atoms with Crippen LogP contribution in [0.3, 0.4) is 0 Å². The van der Waals surface area contributed by atoms with E-state index in [-0.39, 0.29) is 24.3 Å². The number of alkyl halides is 3. The van der Waals surface area contributed by atoms with Crippen LogP contribution in [0.4, 0.5) is 18.9 Å². The largest absolute Gasteiger partial charge is 0.379 e. The van der Waals surface area contributed by atoms with Crippen molar-refractivity contribution >= 4 is 34.3 Å². The van der Waals surface area contributed by atoms with Gasteiger partial charge in [-0.05, 0) is 43.2 Å². The summed E-state index contributed by atoms with van der Waals surface area (Å²) in [6, 6.07) is 15.4. The summed E-state index contributed by atoms with van der Waals surface area (Å²) in [7, 11) is 0. The van der Waals surface area contributed by atoms with E-state index in [4.69, 9.17) is 4.74 Å². The predicted octanol–water partition coefficient (Wildman–Crippen LogP) is 2.88. The number of amides is 3. The van der Waals surface area contributed by atoms with Crippen molar-refractivity contribution in [3.05, 3.63) is 60.3 Å². The zero-order valence-corrected chi connectivity index (χ0v) is 22.3. The molecule has 2 aromatic carbocycles. The Hall–Kier alpha value is -4.13. The fourth-order valence-corrected chi connectivity index (χ4v) is 5.74. The van der Waals surface area contributed by atoms with Gasteiger partial charge in [0.1, 0.15) is 12.1 Å². The van der Waals surface area contributed by atoms with Crippen molar-refractivity contribution in [1.82, 2.24) is 24.9 Å². The lowest BCUT2D eigenvalue weighted by Crippen LogP contribution is -2.57. The molecule has 3 fully saturated rings. The molecule has 13 heteroatoms. The maximum absolute atomic E-state index is 13.9. The third-order valence-electron chi connectivity index (χ3n) is 7.84. The Morgan fingerprint density at radius 3 is 2.34 bits per heavy atom. The van der Waals surface area contributed by atoms with Crippen LogP contribution in [0.5, 0.6) is 0 Å². The highest BCUT2D eigenvalue weighted by atomic mass is 19.4. The number of piperidine rings is 1. The summed E-state index contributed by atoms with van der Waals surface area (Å²) in [6.07, 6.45) is 2.71. The predicted molar refractivity (Wildman–Crippen MR) is 144 cm³/mol. The molecule has 0 radical (unpaired) electrons. The highest BCUT2D eigenvalue weighted by Crippen LogP contribution is 2.39. The summed E-state index contributed by atoms with van der Waals surface area (Å²) in [5.41, 5.74) is 1.66. The van der Waals surface area contributed by atoms with Crippen LogP contribution in [0, 0.1) is 0 Å². The Morgan fingerprint density at radius 2 is 1.66 bits per heavy atom. The van der Waals surface area contributed by atoms with Crippen LogP contribution >= 0.6 is 0 Å². The van der Waals surface area contributed by atoms with Crippen molar-refractivity contribution in [2.75, 3.05) is 57.5 Å². The van der Waals surface area contributed by atoms with Gasteiger partial charge in [0.15, 0.2) is 0 Å². The maximum atomic E-state index is 13.9. The van der Waals surface area contributed by atoms with Crippen molar-refractivity contribution in [3.8, 4) is 0 Å². The normalized spacial score (nSPS) is 18.7. The Kier molecular flexibility index (Phi) is 8.43. The topological polar surface area (TPSA) is 102 Å². The van der Waals surface area contributed by atoms with E-state index in [1.165, 1.54) is 0 Å². The molecule has 41 heavy (non-hydrogen) atoms. The number of hydrogen-bond acceptors (Lipinski definition) is 6. The molecule has 3 aliphatic heterocycles. The quantitative estimate of drug-likeness (QED) is 0.516. The third-order valence-corrected chi connectivity index (χ3v) is 7.84. The van der Waals surface area contributed by atoms with Crippen LogP contribution in [0.2, 0.25) is 0 Å². The number of benzene rings is 2. The molecular weight excluding hydrogens is 541 g/mol. The van der Waals surface area contributed by atoms with Crippen molar-refractivity contribution in [2.45, 2.75) is 25.1 Å². The number of fused-ring (bicyclic) bond motifs is 1. The number of nitrogens with one attached hydrogen (secondary N) is 1. The number of morpholine rings is 1. The van der Waals surface area contributed by atoms with Gasteiger partial charge >= 0.3 is 6.68 Å². The Labute approximate surface area is 234 Å². The second-order valence-electron chi connectivity index (χ2n) is 10.1. The van der Waals surface area contributed by atoms with Crippen molar-refractivity contribution < 1.29 is 32.3 Å². The van der Waals surface area contributed by atoms with Crippen LogP contribution < -0.4 is 4.90 Å². The number of halogens is 3. The van der Waals surface area contributed by atoms with Crippen molar-refractivity contribution in [2.24, 2.45) is 0 Å². The third kappa shape index (κ3) is 5.99. The number of ether oxygens (including phenoxy) is 1. The highest BCUT2D eigenvalue weighted by molar-refractivity contribution is 5.99. The second-order valence-corrected chi connectivity index (χ2v) is 10.1. The van der Waals surface area contributed by atoms with Gasteiger partial charge in [-0.1, -0.05) is 18.2 Å². The van der Waals surface area contributed by atoms with Gasteiger partial charge < -0.3 is 24.3 Å². The molecule has 3 amide bonds. The zero-order chi connectivity index (χ0) is 29.0. The van der Waals surface area contributed by atoms with E-state index < -0.39 is 12.2 Å². The number of anilines is 1. The molecule has 6 rings (SSSR count). The number of para-hydroxylation sites is 1. The van der Waals surface area contributed by atoms with E-state index >= 15 is 0 Å². The number of aromatic nitrogens is 2. The Morgan fingerprint density at radius 1 is 0.976 bits per heavy atom. The molecule has 3 aliphatic rings. The minimum Gasteiger partial charge on any atom is -0.378 e. The van der Waals surface area contributed by atoms with Gasteiger partial charge in [0.25, 0.3) is 11.8 Å². The number of rotatable bonds is 4. The van der Waals surface area contributed by atoms with E-state index in [2.05, 4.69) is 15.1 Å². The number of likely N-dealkylation sites (tertiary alicyclic amines) is 1. The van der Waals surface area contributed by atoms with Crippen LogP contribution in [0.15, 0.2) is 54.7 Å². The van der Waals surface area contributed by atoms with Gasteiger partial charge in [0, 0.05) is 42.8 Å². The first-order valence-corrected chi connectivity index (χ1v) is 13.4. The molecule has 0 aliphatic carbocycles. The first-order chi connectivity index (χ1) is 19.8. The molecule has 3 aromatic rings. The van der Waals surface area contributed by atoms with Crippen molar-refractivity contribution in [3.63, 3.8) is 0 Å². The van der Waals surface area contributed by atoms with Crippen LogP contribution in [0.1, 0.15) is 23.2 Å². The average molecular weight is 573 g/mol. The van der Waals surface area contributed by atoms with Crippen LogP contribution in [-0.4, -0.2) is 107 Å². The molecule has 0 unspecified atom stereocenters. The van der Waals surface area contributed by atoms with E-state index in [9.17, 15) is 27.6 Å². The maximum Gasteiger partial charge on any atom is 0.379 e. The molecule has 3 saturated heterocycles. The standard InChI is InChI=1S/C27H30N6O4.CHF3/c34-24(30-12-14-37-15-13-30)18-32-19-33(22-4-2-1-3-5-22)27(26(32)36)8-10-31(11-9-27)25(35)20-6-7-23-21(16-20)17-28-29-23;2-1(3)4/h1-7,16-17H,8-15,18-19H2,(H,28,29);1H. The van der Waals surface area contributed by atoms with Crippen LogP contribution in [0.25, 0.3) is 10.9 Å². The minimum atomic E-state index is -3.67. The summed E-state index contributed by atoms with van der Waals surface area (Å²) < 4.78 is 34.4. The molecule has 0 saturated carbocycles. The zero-order valence-electron chi connectivity index (χ0n) is 22.3. The number of carbonyl (C=O) groups excluding carboxylic acids is 3. The van der Waals surface area contributed by atoms with E-state index in [1.54, 1.807) is 16.0 Å². The first-order valence-electron chi connectivity index (χ1n) is 13.4. The number of nitrogens with zero attached hydrogens (tertiary/aromatic N) is 5. The van der Waals surface area contributed by atoms with Crippen molar-refractivity contribution in [1.29, 1.82) is 0 Å². The lowest BCUT2D eigenvalue weighted by Gasteiger charge is -2.43. The minimum absolute atomic E-state index is 0.0371. The number of H-pyrrole nitrogens is 1. The first kappa shape index (κ1) is 28.4. The molecule has 4 heterocycles. The average Bonchev–Trinajstić information content (AvgIpc) is 3.56. The van der Waals surface area contributed by atoms with E-state index in [1.807, 2.05) is 53.4 Å². The molecule has 1 N–H and O–H groups in total. The fraction of sp³-hybridized carbons (Fsp3) is 0.429. The SMILES string of the molecule is FC(F)F.O=C(CN1CN(c2ccccc2)C2(CCN(C(=O)c3ccc4[nH]ncc4c3)CC2)C1=O)N1CCOCC1. The molecule has 1 aromatic heterocycles. The molecule has 0 atom stereocenters. The smallest absolute Gasteiger partial charge is 0.378 e. The lowest BCUT2D eigenvalue weighted by atomic mass is 9.85. The molecule has 10 nitrogen and oxygen atoms in total. The number of hydrogen-bond donors (Lipinski definition) is 1. The van der Waals surface area contributed by atoms with Gasteiger partial charge in [0.2, 0.25) is 5.91 Å². The second kappa shape index (κ2) is 12.2. The Balaban J connectivity index is 0.000000794. The summed E-state index contributed by atoms with van der Waals surface area (Å²) in [5, 5.41) is 7.83. The fourth-order valence-electron chi connectivity index (χ4n) is 5.74. The lowest BCUT2D eigenvalue weighted by molar-refractivity contribution is -0.143.